The van der Waals surface area contributed by atoms with Gasteiger partial charge in [0.05, 0.1) is 0 Å². The fourth-order valence-electron chi connectivity index (χ4n) is 1.62. The summed E-state index contributed by atoms with van der Waals surface area (Å²) in [5.74, 6) is 1.05. The van der Waals surface area contributed by atoms with Crippen molar-refractivity contribution in [2.24, 2.45) is 5.73 Å². The molecule has 0 fully saturated rings. The van der Waals surface area contributed by atoms with Gasteiger partial charge in [0.2, 0.25) is 8.32 Å². The molecule has 84 valence electrons. The third-order valence-corrected chi connectivity index (χ3v) is 2.98. The lowest BCUT2D eigenvalue weighted by Crippen LogP contribution is -2.30. The van der Waals surface area contributed by atoms with Gasteiger partial charge in [0.15, 0.2) is 0 Å². The molecular weight excluding hydrogens is 202 g/mol. The highest BCUT2D eigenvalue weighted by Gasteiger charge is 2.18. The highest BCUT2D eigenvalue weighted by molar-refractivity contribution is 6.70. The van der Waals surface area contributed by atoms with Crippen molar-refractivity contribution in [3.63, 3.8) is 0 Å². The van der Waals surface area contributed by atoms with Crippen LogP contribution in [-0.4, -0.2) is 8.32 Å². The summed E-state index contributed by atoms with van der Waals surface area (Å²) in [6.07, 6.45) is 0. The number of hydrogen-bond donors (Lipinski definition) is 1. The number of aryl methyl sites for hydroxylation is 2. The van der Waals surface area contributed by atoms with E-state index in [0.717, 1.165) is 5.75 Å². The van der Waals surface area contributed by atoms with E-state index < -0.39 is 8.32 Å². The molecule has 0 aromatic heterocycles. The van der Waals surface area contributed by atoms with E-state index >= 15 is 0 Å². The maximum atomic E-state index is 6.06. The minimum absolute atomic E-state index is 0.592. The Hall–Kier alpha value is -0.803. The maximum Gasteiger partial charge on any atom is 0.242 e. The second kappa shape index (κ2) is 4.37. The molecule has 0 aliphatic carbocycles. The lowest BCUT2D eigenvalue weighted by molar-refractivity contribution is 0.548. The molecule has 0 saturated carbocycles. The Morgan fingerprint density at radius 3 is 1.93 bits per heavy atom. The van der Waals surface area contributed by atoms with Crippen molar-refractivity contribution in [2.75, 3.05) is 0 Å². The second-order valence-corrected chi connectivity index (χ2v) is 9.41. The maximum absolute atomic E-state index is 6.06. The Morgan fingerprint density at radius 2 is 1.60 bits per heavy atom. The van der Waals surface area contributed by atoms with Crippen molar-refractivity contribution in [1.82, 2.24) is 0 Å². The molecule has 3 heteroatoms. The fourth-order valence-corrected chi connectivity index (χ4v) is 2.56. The topological polar surface area (TPSA) is 35.2 Å². The molecule has 15 heavy (non-hydrogen) atoms. The molecule has 2 N–H and O–H groups in total. The molecule has 1 aromatic carbocycles. The summed E-state index contributed by atoms with van der Waals surface area (Å²) in [5.41, 5.74) is 9.19. The van der Waals surface area contributed by atoms with Gasteiger partial charge in [-0.25, -0.2) is 0 Å². The van der Waals surface area contributed by atoms with Crippen molar-refractivity contribution >= 4 is 8.32 Å². The molecule has 0 saturated heterocycles. The fraction of sp³-hybridized carbons (Fsp3) is 0.500. The van der Waals surface area contributed by atoms with E-state index in [4.69, 9.17) is 10.2 Å². The van der Waals surface area contributed by atoms with Crippen molar-refractivity contribution in [1.29, 1.82) is 0 Å². The molecule has 1 aromatic rings. The van der Waals surface area contributed by atoms with Crippen molar-refractivity contribution < 1.29 is 4.43 Å². The van der Waals surface area contributed by atoms with E-state index in [1.165, 1.54) is 16.7 Å². The molecular formula is C12H21NOSi. The molecule has 0 bridgehead atoms. The van der Waals surface area contributed by atoms with Crippen LogP contribution in [0.2, 0.25) is 19.6 Å². The molecule has 0 spiro atoms. The highest BCUT2D eigenvalue weighted by Crippen LogP contribution is 2.27. The van der Waals surface area contributed by atoms with Gasteiger partial charge in [-0.2, -0.15) is 0 Å². The monoisotopic (exact) mass is 223 g/mol. The normalized spacial score (nSPS) is 11.6. The van der Waals surface area contributed by atoms with Crippen LogP contribution < -0.4 is 10.2 Å². The minimum Gasteiger partial charge on any atom is -0.544 e. The zero-order chi connectivity index (χ0) is 11.6. The van der Waals surface area contributed by atoms with Gasteiger partial charge in [-0.15, -0.1) is 0 Å². The van der Waals surface area contributed by atoms with Gasteiger partial charge in [-0.05, 0) is 50.2 Å². The first-order chi connectivity index (χ1) is 6.83. The predicted octanol–water partition coefficient (Wildman–Crippen LogP) is 2.98. The van der Waals surface area contributed by atoms with Crippen LogP contribution in [0.4, 0.5) is 0 Å². The van der Waals surface area contributed by atoms with Crippen LogP contribution in [0.25, 0.3) is 0 Å². The van der Waals surface area contributed by atoms with Gasteiger partial charge in [0.1, 0.15) is 5.75 Å². The molecule has 0 amide bonds. The minimum atomic E-state index is -1.52. The van der Waals surface area contributed by atoms with Gasteiger partial charge in [0.25, 0.3) is 0 Å². The van der Waals surface area contributed by atoms with E-state index in [-0.39, 0.29) is 0 Å². The van der Waals surface area contributed by atoms with Crippen molar-refractivity contribution in [3.05, 3.63) is 28.8 Å². The Bertz CT molecular complexity index is 332. The highest BCUT2D eigenvalue weighted by atomic mass is 28.4. The summed E-state index contributed by atoms with van der Waals surface area (Å²) in [7, 11) is -1.52. The quantitative estimate of drug-likeness (QED) is 0.800. The first kappa shape index (κ1) is 12.3. The van der Waals surface area contributed by atoms with Crippen LogP contribution in [0.1, 0.15) is 16.7 Å². The van der Waals surface area contributed by atoms with Crippen LogP contribution in [0.5, 0.6) is 5.75 Å². The summed E-state index contributed by atoms with van der Waals surface area (Å²) >= 11 is 0. The van der Waals surface area contributed by atoms with E-state index in [2.05, 4.69) is 45.6 Å². The third-order valence-electron chi connectivity index (χ3n) is 2.16. The summed E-state index contributed by atoms with van der Waals surface area (Å²) in [4.78, 5) is 0. The first-order valence-corrected chi connectivity index (χ1v) is 8.73. The van der Waals surface area contributed by atoms with Gasteiger partial charge in [-0.3, -0.25) is 0 Å². The van der Waals surface area contributed by atoms with Gasteiger partial charge < -0.3 is 10.2 Å². The van der Waals surface area contributed by atoms with Crippen LogP contribution in [-0.2, 0) is 6.54 Å². The number of hydrogen-bond acceptors (Lipinski definition) is 2. The first-order valence-electron chi connectivity index (χ1n) is 5.32. The lowest BCUT2D eigenvalue weighted by atomic mass is 10.1. The SMILES string of the molecule is Cc1cc(CN)cc(C)c1O[Si](C)(C)C. The zero-order valence-electron chi connectivity index (χ0n) is 10.3. The smallest absolute Gasteiger partial charge is 0.242 e. The van der Waals surface area contributed by atoms with Crippen molar-refractivity contribution in [3.8, 4) is 5.75 Å². The van der Waals surface area contributed by atoms with Gasteiger partial charge in [0, 0.05) is 6.54 Å². The van der Waals surface area contributed by atoms with Crippen LogP contribution >= 0.6 is 0 Å². The molecule has 0 heterocycles. The van der Waals surface area contributed by atoms with Crippen LogP contribution in [0.15, 0.2) is 12.1 Å². The number of rotatable bonds is 3. The third kappa shape index (κ3) is 3.36. The molecule has 0 radical (unpaired) electrons. The second-order valence-electron chi connectivity index (χ2n) is 4.98. The van der Waals surface area contributed by atoms with E-state index in [1.807, 2.05) is 0 Å². The van der Waals surface area contributed by atoms with Gasteiger partial charge >= 0.3 is 0 Å². The molecule has 0 unspecified atom stereocenters. The standard InChI is InChI=1S/C12H21NOSi/c1-9-6-11(8-13)7-10(2)12(9)14-15(3,4)5/h6-7H,8,13H2,1-5H3. The zero-order valence-corrected chi connectivity index (χ0v) is 11.3. The Kier molecular flexibility index (Phi) is 3.57. The molecule has 0 aliphatic heterocycles. The Morgan fingerprint density at radius 1 is 1.13 bits per heavy atom. The summed E-state index contributed by atoms with van der Waals surface area (Å²) < 4.78 is 6.06. The summed E-state index contributed by atoms with van der Waals surface area (Å²) in [6.45, 7) is 11.4. The Balaban J connectivity index is 3.09. The van der Waals surface area contributed by atoms with Crippen molar-refractivity contribution in [2.45, 2.75) is 40.0 Å². The summed E-state index contributed by atoms with van der Waals surface area (Å²) in [5, 5.41) is 0. The largest absolute Gasteiger partial charge is 0.544 e. The molecule has 0 aliphatic rings. The summed E-state index contributed by atoms with van der Waals surface area (Å²) in [6, 6.07) is 4.23. The van der Waals surface area contributed by atoms with E-state index in [9.17, 15) is 0 Å². The number of benzene rings is 1. The van der Waals surface area contributed by atoms with Crippen LogP contribution in [0, 0.1) is 13.8 Å². The molecule has 1 rings (SSSR count). The van der Waals surface area contributed by atoms with Gasteiger partial charge in [-0.1, -0.05) is 12.1 Å². The molecule has 0 atom stereocenters. The van der Waals surface area contributed by atoms with E-state index in [1.54, 1.807) is 0 Å². The van der Waals surface area contributed by atoms with Crippen LogP contribution in [0.3, 0.4) is 0 Å². The lowest BCUT2D eigenvalue weighted by Gasteiger charge is -2.23. The molecule has 2 nitrogen and oxygen atoms in total. The average molecular weight is 223 g/mol. The Labute approximate surface area is 93.6 Å². The predicted molar refractivity (Wildman–Crippen MR) is 67.8 cm³/mol. The average Bonchev–Trinajstić information content (AvgIpc) is 2.09. The number of nitrogens with two attached hydrogens (primary N) is 1. The van der Waals surface area contributed by atoms with E-state index in [0.29, 0.717) is 6.54 Å².